The maximum Gasteiger partial charge on any atom is 0.269 e. The molecule has 0 aliphatic rings. The second kappa shape index (κ2) is 10.1. The second-order valence-corrected chi connectivity index (χ2v) is 8.21. The van der Waals surface area contributed by atoms with Crippen LogP contribution in [-0.4, -0.2) is 35.9 Å². The Kier molecular flexibility index (Phi) is 7.25. The number of nitrogens with zero attached hydrogens (tertiary/aromatic N) is 3. The highest BCUT2D eigenvalue weighted by Gasteiger charge is 2.10. The maximum absolute atomic E-state index is 12.4. The van der Waals surface area contributed by atoms with Crippen molar-refractivity contribution in [1.82, 2.24) is 20.8 Å². The summed E-state index contributed by atoms with van der Waals surface area (Å²) in [5.41, 5.74) is 9.67. The number of hydrogen-bond donors (Lipinski definition) is 2. The van der Waals surface area contributed by atoms with Crippen LogP contribution < -0.4 is 15.8 Å². The molecule has 2 amide bonds. The molecule has 2 N–H and O–H groups in total. The van der Waals surface area contributed by atoms with Crippen LogP contribution in [0.25, 0.3) is 0 Å². The number of hydrazine groups is 1. The fraction of sp³-hybridized carbons (Fsp3) is 0.217. The fourth-order valence-electron chi connectivity index (χ4n) is 2.84. The van der Waals surface area contributed by atoms with Gasteiger partial charge >= 0.3 is 0 Å². The van der Waals surface area contributed by atoms with Crippen molar-refractivity contribution in [2.75, 3.05) is 19.0 Å². The molecular formula is C23H25N5O2S. The van der Waals surface area contributed by atoms with Gasteiger partial charge in [0, 0.05) is 48.1 Å². The topological polar surface area (TPSA) is 87.2 Å². The molecule has 0 unspecified atom stereocenters. The number of aryl methyl sites for hydroxylation is 2. The van der Waals surface area contributed by atoms with Gasteiger partial charge in [0.15, 0.2) is 5.16 Å². The molecule has 31 heavy (non-hydrogen) atoms. The summed E-state index contributed by atoms with van der Waals surface area (Å²) < 4.78 is 0. The largest absolute Gasteiger partial charge is 0.378 e. The lowest BCUT2D eigenvalue weighted by Crippen LogP contribution is -2.41. The van der Waals surface area contributed by atoms with Crippen LogP contribution in [0.2, 0.25) is 0 Å². The van der Waals surface area contributed by atoms with Gasteiger partial charge in [0.25, 0.3) is 11.8 Å². The molecule has 0 fully saturated rings. The van der Waals surface area contributed by atoms with E-state index < -0.39 is 0 Å². The summed E-state index contributed by atoms with van der Waals surface area (Å²) in [5, 5.41) is 0.736. The quantitative estimate of drug-likeness (QED) is 0.350. The van der Waals surface area contributed by atoms with E-state index >= 15 is 0 Å². The van der Waals surface area contributed by atoms with Crippen molar-refractivity contribution >= 4 is 29.3 Å². The minimum absolute atomic E-state index is 0.376. The Morgan fingerprint density at radius 1 is 0.871 bits per heavy atom. The van der Waals surface area contributed by atoms with Gasteiger partial charge < -0.3 is 4.90 Å². The average Bonchev–Trinajstić information content (AvgIpc) is 2.75. The first-order chi connectivity index (χ1) is 14.8. The molecule has 0 bridgehead atoms. The number of hydrogen-bond acceptors (Lipinski definition) is 6. The molecule has 0 radical (unpaired) electrons. The molecular weight excluding hydrogens is 410 g/mol. The smallest absolute Gasteiger partial charge is 0.269 e. The summed E-state index contributed by atoms with van der Waals surface area (Å²) in [4.78, 5) is 35.4. The molecule has 0 aliphatic carbocycles. The number of anilines is 1. The van der Waals surface area contributed by atoms with Crippen molar-refractivity contribution in [3.63, 3.8) is 0 Å². The van der Waals surface area contributed by atoms with Gasteiger partial charge in [0.05, 0.1) is 0 Å². The van der Waals surface area contributed by atoms with Gasteiger partial charge in [-0.15, -0.1) is 0 Å². The van der Waals surface area contributed by atoms with E-state index in [0.717, 1.165) is 27.8 Å². The van der Waals surface area contributed by atoms with Crippen LogP contribution in [-0.2, 0) is 5.75 Å². The van der Waals surface area contributed by atoms with E-state index in [9.17, 15) is 9.59 Å². The third kappa shape index (κ3) is 6.29. The van der Waals surface area contributed by atoms with Crippen LogP contribution in [0.4, 0.5) is 5.69 Å². The Labute approximate surface area is 186 Å². The van der Waals surface area contributed by atoms with Crippen molar-refractivity contribution < 1.29 is 9.59 Å². The van der Waals surface area contributed by atoms with Gasteiger partial charge in [-0.1, -0.05) is 30.0 Å². The zero-order valence-corrected chi connectivity index (χ0v) is 18.8. The molecule has 0 aliphatic heterocycles. The zero-order valence-electron chi connectivity index (χ0n) is 18.0. The summed E-state index contributed by atoms with van der Waals surface area (Å²) in [6.07, 6.45) is 0. The van der Waals surface area contributed by atoms with E-state index in [1.807, 2.05) is 57.1 Å². The van der Waals surface area contributed by atoms with Crippen molar-refractivity contribution in [2.24, 2.45) is 0 Å². The highest BCUT2D eigenvalue weighted by atomic mass is 32.2. The first-order valence-electron chi connectivity index (χ1n) is 9.74. The predicted octanol–water partition coefficient (Wildman–Crippen LogP) is 3.53. The SMILES string of the molecule is Cc1cc(C)nc(SCc2ccc(C(=O)NNC(=O)c3cccc(N(C)C)c3)cc2)n1. The molecule has 7 nitrogen and oxygen atoms in total. The van der Waals surface area contributed by atoms with Crippen LogP contribution in [0, 0.1) is 13.8 Å². The predicted molar refractivity (Wildman–Crippen MR) is 123 cm³/mol. The van der Waals surface area contributed by atoms with Crippen molar-refractivity contribution in [1.29, 1.82) is 0 Å². The monoisotopic (exact) mass is 435 g/mol. The number of carbonyl (C=O) groups is 2. The summed E-state index contributed by atoms with van der Waals surface area (Å²) in [5.74, 6) is -0.0588. The third-order valence-electron chi connectivity index (χ3n) is 4.46. The van der Waals surface area contributed by atoms with Gasteiger partial charge in [0.2, 0.25) is 0 Å². The van der Waals surface area contributed by atoms with E-state index in [1.165, 1.54) is 0 Å². The molecule has 1 aromatic heterocycles. The number of aromatic nitrogens is 2. The molecule has 2 aromatic carbocycles. The zero-order chi connectivity index (χ0) is 22.4. The molecule has 160 valence electrons. The minimum Gasteiger partial charge on any atom is -0.378 e. The van der Waals surface area contributed by atoms with Gasteiger partial charge in [0.1, 0.15) is 0 Å². The van der Waals surface area contributed by atoms with Crippen LogP contribution >= 0.6 is 11.8 Å². The lowest BCUT2D eigenvalue weighted by Gasteiger charge is -2.13. The lowest BCUT2D eigenvalue weighted by atomic mass is 10.1. The van der Waals surface area contributed by atoms with Gasteiger partial charge in [-0.3, -0.25) is 20.4 Å². The van der Waals surface area contributed by atoms with Crippen LogP contribution in [0.15, 0.2) is 59.8 Å². The molecule has 0 saturated carbocycles. The number of amides is 2. The van der Waals surface area contributed by atoms with E-state index in [0.29, 0.717) is 16.9 Å². The number of nitrogens with one attached hydrogen (secondary N) is 2. The third-order valence-corrected chi connectivity index (χ3v) is 5.38. The first kappa shape index (κ1) is 22.3. The Bertz CT molecular complexity index is 1060. The van der Waals surface area contributed by atoms with E-state index in [4.69, 9.17) is 0 Å². The highest BCUT2D eigenvalue weighted by Crippen LogP contribution is 2.20. The Morgan fingerprint density at radius 3 is 2.10 bits per heavy atom. The average molecular weight is 436 g/mol. The number of rotatable bonds is 6. The number of thioether (sulfide) groups is 1. The summed E-state index contributed by atoms with van der Waals surface area (Å²) in [6, 6.07) is 16.3. The van der Waals surface area contributed by atoms with E-state index in [2.05, 4.69) is 20.8 Å². The van der Waals surface area contributed by atoms with Gasteiger partial charge in [-0.25, -0.2) is 9.97 Å². The summed E-state index contributed by atoms with van der Waals surface area (Å²) >= 11 is 1.55. The lowest BCUT2D eigenvalue weighted by molar-refractivity contribution is 0.0846. The van der Waals surface area contributed by atoms with E-state index in [1.54, 1.807) is 42.1 Å². The maximum atomic E-state index is 12.4. The molecule has 0 atom stereocenters. The molecule has 3 rings (SSSR count). The van der Waals surface area contributed by atoms with Crippen molar-refractivity contribution in [3.05, 3.63) is 82.7 Å². The fourth-order valence-corrected chi connectivity index (χ4v) is 3.75. The molecule has 1 heterocycles. The first-order valence-corrected chi connectivity index (χ1v) is 10.7. The number of benzene rings is 2. The Morgan fingerprint density at radius 2 is 1.48 bits per heavy atom. The molecule has 8 heteroatoms. The normalized spacial score (nSPS) is 10.5. The standard InChI is InChI=1S/C23H25N5O2S/c1-15-12-16(2)25-23(24-15)31-14-17-8-10-18(11-9-17)21(29)26-27-22(30)19-6-5-7-20(13-19)28(3)4/h5-13H,14H2,1-4H3,(H,26,29)(H,27,30). The van der Waals surface area contributed by atoms with E-state index in [-0.39, 0.29) is 11.8 Å². The van der Waals surface area contributed by atoms with Crippen molar-refractivity contribution in [2.45, 2.75) is 24.8 Å². The molecule has 0 saturated heterocycles. The van der Waals surface area contributed by atoms with Crippen LogP contribution in [0.3, 0.4) is 0 Å². The highest BCUT2D eigenvalue weighted by molar-refractivity contribution is 7.98. The van der Waals surface area contributed by atoms with Gasteiger partial charge in [-0.2, -0.15) is 0 Å². The number of carbonyl (C=O) groups excluding carboxylic acids is 2. The second-order valence-electron chi connectivity index (χ2n) is 7.27. The van der Waals surface area contributed by atoms with Crippen molar-refractivity contribution in [3.8, 4) is 0 Å². The Hall–Kier alpha value is -3.39. The van der Waals surface area contributed by atoms with Crippen LogP contribution in [0.5, 0.6) is 0 Å². The minimum atomic E-state index is -0.381. The van der Waals surface area contributed by atoms with Crippen LogP contribution in [0.1, 0.15) is 37.7 Å². The molecule has 3 aromatic rings. The summed E-state index contributed by atoms with van der Waals surface area (Å²) in [7, 11) is 3.80. The summed E-state index contributed by atoms with van der Waals surface area (Å²) in [6.45, 7) is 3.90. The Balaban J connectivity index is 1.54. The van der Waals surface area contributed by atoms with Gasteiger partial charge in [-0.05, 0) is 55.8 Å². The molecule has 0 spiro atoms.